The van der Waals surface area contributed by atoms with Crippen molar-refractivity contribution in [2.24, 2.45) is 5.92 Å². The van der Waals surface area contributed by atoms with E-state index < -0.39 is 0 Å². The number of anilines is 1. The fourth-order valence-electron chi connectivity index (χ4n) is 4.01. The van der Waals surface area contributed by atoms with E-state index in [1.54, 1.807) is 6.07 Å². The maximum atomic E-state index is 13.6. The summed E-state index contributed by atoms with van der Waals surface area (Å²) in [4.78, 5) is 6.93. The lowest BCUT2D eigenvalue weighted by Crippen LogP contribution is -2.47. The van der Waals surface area contributed by atoms with Crippen LogP contribution in [-0.4, -0.2) is 24.1 Å². The molecule has 3 rings (SSSR count). The molecule has 2 aliphatic rings. The van der Waals surface area contributed by atoms with Crippen molar-refractivity contribution in [2.75, 3.05) is 18.0 Å². The molecule has 1 saturated carbocycles. The van der Waals surface area contributed by atoms with Gasteiger partial charge in [-0.3, -0.25) is 0 Å². The second-order valence-electron chi connectivity index (χ2n) is 6.36. The molecule has 3 nitrogen and oxygen atoms in total. The number of aromatic nitrogens is 1. The Hall–Kier alpha value is -1.16. The van der Waals surface area contributed by atoms with Crippen LogP contribution in [0.1, 0.15) is 51.0 Å². The van der Waals surface area contributed by atoms with Gasteiger partial charge in [0, 0.05) is 24.7 Å². The lowest BCUT2D eigenvalue weighted by atomic mass is 9.78. The molecule has 1 aromatic heterocycles. The summed E-state index contributed by atoms with van der Waals surface area (Å²) in [6.07, 6.45) is 9.27. The van der Waals surface area contributed by atoms with Crippen LogP contribution in [0.5, 0.6) is 0 Å². The summed E-state index contributed by atoms with van der Waals surface area (Å²) < 4.78 is 13.6. The van der Waals surface area contributed by atoms with E-state index in [1.807, 2.05) is 0 Å². The Bertz CT molecular complexity index is 475. The second kappa shape index (κ2) is 6.73. The first-order valence-corrected chi connectivity index (χ1v) is 8.41. The van der Waals surface area contributed by atoms with E-state index in [1.165, 1.54) is 44.7 Å². The zero-order valence-corrected chi connectivity index (χ0v) is 12.9. The summed E-state index contributed by atoms with van der Waals surface area (Å²) in [7, 11) is 0. The molecule has 4 heteroatoms. The zero-order chi connectivity index (χ0) is 14.7. The number of fused-ring (bicyclic) bond motifs is 1. The molecule has 0 unspecified atom stereocenters. The maximum Gasteiger partial charge on any atom is 0.141 e. The number of halogens is 1. The third kappa shape index (κ3) is 3.20. The highest BCUT2D eigenvalue weighted by atomic mass is 19.1. The molecular formula is C17H26FN3. The van der Waals surface area contributed by atoms with Crippen molar-refractivity contribution in [3.8, 4) is 0 Å². The number of pyridine rings is 1. The molecule has 2 atom stereocenters. The van der Waals surface area contributed by atoms with Gasteiger partial charge in [0.15, 0.2) is 0 Å². The van der Waals surface area contributed by atoms with Gasteiger partial charge in [0.25, 0.3) is 0 Å². The number of piperidine rings is 1. The summed E-state index contributed by atoms with van der Waals surface area (Å²) in [5.74, 6) is 1.59. The van der Waals surface area contributed by atoms with E-state index in [0.717, 1.165) is 30.4 Å². The van der Waals surface area contributed by atoms with E-state index in [9.17, 15) is 4.39 Å². The highest BCUT2D eigenvalue weighted by Crippen LogP contribution is 2.38. The summed E-state index contributed by atoms with van der Waals surface area (Å²) in [5.41, 5.74) is 1.00. The van der Waals surface area contributed by atoms with Gasteiger partial charge in [-0.25, -0.2) is 9.37 Å². The molecule has 0 bridgehead atoms. The van der Waals surface area contributed by atoms with Crippen LogP contribution in [0.2, 0.25) is 0 Å². The molecule has 116 valence electrons. The topological polar surface area (TPSA) is 28.2 Å². The quantitative estimate of drug-likeness (QED) is 0.920. The fraction of sp³-hybridized carbons (Fsp3) is 0.706. The van der Waals surface area contributed by atoms with Crippen LogP contribution in [0.15, 0.2) is 12.3 Å². The Morgan fingerprint density at radius 1 is 1.29 bits per heavy atom. The molecule has 1 saturated heterocycles. The highest BCUT2D eigenvalue weighted by Gasteiger charge is 2.34. The van der Waals surface area contributed by atoms with Crippen LogP contribution in [0.4, 0.5) is 10.2 Å². The number of nitrogens with one attached hydrogen (secondary N) is 1. The van der Waals surface area contributed by atoms with Crippen LogP contribution in [0, 0.1) is 11.7 Å². The van der Waals surface area contributed by atoms with Crippen molar-refractivity contribution in [1.29, 1.82) is 0 Å². The lowest BCUT2D eigenvalue weighted by molar-refractivity contribution is 0.242. The Kier molecular flexibility index (Phi) is 4.73. The van der Waals surface area contributed by atoms with Crippen LogP contribution >= 0.6 is 0 Å². The van der Waals surface area contributed by atoms with E-state index in [2.05, 4.69) is 22.1 Å². The zero-order valence-electron chi connectivity index (χ0n) is 12.9. The van der Waals surface area contributed by atoms with E-state index >= 15 is 0 Å². The number of nitrogens with zero attached hydrogens (tertiary/aromatic N) is 2. The van der Waals surface area contributed by atoms with Crippen molar-refractivity contribution >= 4 is 5.82 Å². The molecule has 0 spiro atoms. The van der Waals surface area contributed by atoms with Gasteiger partial charge in [0.05, 0.1) is 6.20 Å². The third-order valence-electron chi connectivity index (χ3n) is 4.99. The molecular weight excluding hydrogens is 265 g/mol. The first kappa shape index (κ1) is 14.8. The molecule has 21 heavy (non-hydrogen) atoms. The van der Waals surface area contributed by atoms with E-state index in [-0.39, 0.29) is 5.82 Å². The second-order valence-corrected chi connectivity index (χ2v) is 6.36. The Balaban J connectivity index is 1.87. The predicted molar refractivity (Wildman–Crippen MR) is 83.9 cm³/mol. The van der Waals surface area contributed by atoms with Gasteiger partial charge in [0.2, 0.25) is 0 Å². The van der Waals surface area contributed by atoms with E-state index in [4.69, 9.17) is 0 Å². The molecule has 0 amide bonds. The van der Waals surface area contributed by atoms with Gasteiger partial charge in [-0.05, 0) is 44.2 Å². The lowest BCUT2D eigenvalue weighted by Gasteiger charge is -2.45. The maximum absolute atomic E-state index is 13.6. The Labute approximate surface area is 126 Å². The average molecular weight is 291 g/mol. The minimum Gasteiger partial charge on any atom is -0.353 e. The molecule has 1 aromatic rings. The Morgan fingerprint density at radius 2 is 2.10 bits per heavy atom. The first-order chi connectivity index (χ1) is 10.3. The molecule has 2 heterocycles. The van der Waals surface area contributed by atoms with Crippen molar-refractivity contribution in [3.05, 3.63) is 23.6 Å². The highest BCUT2D eigenvalue weighted by molar-refractivity contribution is 5.48. The van der Waals surface area contributed by atoms with Crippen molar-refractivity contribution < 1.29 is 4.39 Å². The summed E-state index contributed by atoms with van der Waals surface area (Å²) in [5, 5.41) is 3.31. The van der Waals surface area contributed by atoms with Gasteiger partial charge < -0.3 is 10.2 Å². The van der Waals surface area contributed by atoms with Crippen LogP contribution < -0.4 is 10.2 Å². The van der Waals surface area contributed by atoms with Gasteiger partial charge in [-0.15, -0.1) is 0 Å². The average Bonchev–Trinajstić information content (AvgIpc) is 2.52. The van der Waals surface area contributed by atoms with Crippen LogP contribution in [0.25, 0.3) is 0 Å². The van der Waals surface area contributed by atoms with E-state index in [0.29, 0.717) is 12.6 Å². The van der Waals surface area contributed by atoms with Gasteiger partial charge in [-0.1, -0.05) is 19.8 Å². The molecule has 1 aliphatic heterocycles. The largest absolute Gasteiger partial charge is 0.353 e. The summed E-state index contributed by atoms with van der Waals surface area (Å²) in [6, 6.07) is 2.27. The minimum absolute atomic E-state index is 0.233. The van der Waals surface area contributed by atoms with Crippen LogP contribution in [-0.2, 0) is 6.54 Å². The first-order valence-electron chi connectivity index (χ1n) is 8.41. The molecule has 1 aliphatic carbocycles. The predicted octanol–water partition coefficient (Wildman–Crippen LogP) is 3.49. The fourth-order valence-corrected chi connectivity index (χ4v) is 4.01. The van der Waals surface area contributed by atoms with Gasteiger partial charge in [-0.2, -0.15) is 0 Å². The number of rotatable bonds is 4. The molecule has 0 aromatic carbocycles. The smallest absolute Gasteiger partial charge is 0.141 e. The van der Waals surface area contributed by atoms with Crippen molar-refractivity contribution in [1.82, 2.24) is 10.3 Å². The molecule has 0 radical (unpaired) electrons. The van der Waals surface area contributed by atoms with Gasteiger partial charge >= 0.3 is 0 Å². The third-order valence-corrected chi connectivity index (χ3v) is 4.99. The van der Waals surface area contributed by atoms with Crippen LogP contribution in [0.3, 0.4) is 0 Å². The number of hydrogen-bond donors (Lipinski definition) is 1. The monoisotopic (exact) mass is 291 g/mol. The minimum atomic E-state index is -0.233. The van der Waals surface area contributed by atoms with Crippen molar-refractivity contribution in [3.63, 3.8) is 0 Å². The van der Waals surface area contributed by atoms with Crippen molar-refractivity contribution in [2.45, 2.75) is 58.0 Å². The number of hydrogen-bond acceptors (Lipinski definition) is 3. The molecule has 2 fully saturated rings. The van der Waals surface area contributed by atoms with Gasteiger partial charge in [0.1, 0.15) is 11.6 Å². The Morgan fingerprint density at radius 3 is 2.95 bits per heavy atom. The molecule has 1 N–H and O–H groups in total. The standard InChI is InChI=1S/C17H26FN3/c1-2-19-11-14-10-15(18)12-20-17(14)21-9-5-7-13-6-3-4-8-16(13)21/h10,12-13,16,19H,2-9,11H2,1H3/t13-,16-/m1/s1. The SMILES string of the molecule is CCNCc1cc(F)cnc1N1CCC[C@H]2CCCC[C@H]21. The normalized spacial score (nSPS) is 25.7. The summed E-state index contributed by atoms with van der Waals surface area (Å²) in [6.45, 7) is 4.73. The summed E-state index contributed by atoms with van der Waals surface area (Å²) >= 11 is 0.